The Bertz CT molecular complexity index is 1190. The Balaban J connectivity index is 2.16. The number of para-hydroxylation sites is 1. The molecular weight excluding hydrogens is 536 g/mol. The molecule has 0 bridgehead atoms. The zero-order valence-electron chi connectivity index (χ0n) is 17.9. The summed E-state index contributed by atoms with van der Waals surface area (Å²) in [5.74, 6) is 7.01. The Morgan fingerprint density at radius 1 is 1.03 bits per heavy atom. The van der Waals surface area contributed by atoms with E-state index in [-0.39, 0.29) is 18.3 Å². The summed E-state index contributed by atoms with van der Waals surface area (Å²) < 4.78 is 13.4. The molecule has 3 rings (SSSR count). The molecule has 0 unspecified atom stereocenters. The molecule has 164 valence electrons. The third-order valence-electron chi connectivity index (χ3n) is 4.77. The number of hydrogen-bond donors (Lipinski definition) is 1. The fraction of sp³-hybridized carbons (Fsp3) is 0.192. The van der Waals surface area contributed by atoms with E-state index in [0.717, 1.165) is 14.5 Å². The molecule has 0 fully saturated rings. The number of methoxy groups -OCH3 is 1. The van der Waals surface area contributed by atoms with E-state index >= 15 is 0 Å². The molecule has 0 aliphatic carbocycles. The summed E-state index contributed by atoms with van der Waals surface area (Å²) in [4.78, 5) is 13.5. The van der Waals surface area contributed by atoms with Crippen molar-refractivity contribution in [1.82, 2.24) is 0 Å². The van der Waals surface area contributed by atoms with Gasteiger partial charge in [-0.05, 0) is 74.2 Å². The van der Waals surface area contributed by atoms with Crippen LogP contribution in [-0.2, 0) is 0 Å². The highest BCUT2D eigenvalue weighted by Crippen LogP contribution is 2.41. The van der Waals surface area contributed by atoms with Crippen LogP contribution in [0, 0.1) is 11.8 Å². The molecule has 0 heterocycles. The van der Waals surface area contributed by atoms with Gasteiger partial charge >= 0.3 is 0 Å². The first-order valence-corrected chi connectivity index (χ1v) is 11.5. The number of aliphatic hydroxyl groups excluding tert-OH is 1. The van der Waals surface area contributed by atoms with Gasteiger partial charge in [-0.25, -0.2) is 0 Å². The monoisotopic (exact) mass is 556 g/mol. The van der Waals surface area contributed by atoms with Gasteiger partial charge in [-0.15, -0.1) is 0 Å². The minimum absolute atomic E-state index is 0.163. The van der Waals surface area contributed by atoms with Gasteiger partial charge in [0.1, 0.15) is 18.1 Å². The fourth-order valence-corrected chi connectivity index (χ4v) is 4.35. The SMILES string of the molecule is COc1cc(C(=O)c2cccc(C#CCO)c2)c(Oc2c(Br)cccc2Br)cc1C(C)C. The van der Waals surface area contributed by atoms with Crippen LogP contribution in [0.5, 0.6) is 17.2 Å². The van der Waals surface area contributed by atoms with Crippen molar-refractivity contribution in [3.63, 3.8) is 0 Å². The lowest BCUT2D eigenvalue weighted by atomic mass is 9.95. The first-order chi connectivity index (χ1) is 15.3. The molecule has 0 spiro atoms. The standard InChI is InChI=1S/C26H22Br2O4/c1-16(2)19-14-24(32-26-21(27)10-5-11-22(26)28)20(15-23(19)31-3)25(30)18-9-4-7-17(13-18)8-6-12-29/h4-5,7,9-11,13-16,29H,12H2,1-3H3. The molecule has 0 aromatic heterocycles. The molecule has 3 aromatic carbocycles. The van der Waals surface area contributed by atoms with E-state index in [2.05, 4.69) is 57.5 Å². The molecule has 0 aliphatic heterocycles. The first-order valence-electron chi connectivity index (χ1n) is 9.94. The lowest BCUT2D eigenvalue weighted by molar-refractivity contribution is 0.103. The van der Waals surface area contributed by atoms with Crippen molar-refractivity contribution in [2.24, 2.45) is 0 Å². The Kier molecular flexibility index (Phi) is 8.14. The number of halogens is 2. The highest BCUT2D eigenvalue weighted by Gasteiger charge is 2.22. The minimum Gasteiger partial charge on any atom is -0.496 e. The molecule has 0 aliphatic rings. The molecule has 0 atom stereocenters. The van der Waals surface area contributed by atoms with Crippen LogP contribution in [0.15, 0.2) is 63.5 Å². The number of rotatable bonds is 6. The number of ether oxygens (including phenoxy) is 2. The van der Waals surface area contributed by atoms with Gasteiger partial charge < -0.3 is 14.6 Å². The molecule has 32 heavy (non-hydrogen) atoms. The quantitative estimate of drug-likeness (QED) is 0.270. The fourth-order valence-electron chi connectivity index (χ4n) is 3.19. The van der Waals surface area contributed by atoms with Gasteiger partial charge in [0.2, 0.25) is 0 Å². The average Bonchev–Trinajstić information content (AvgIpc) is 2.79. The average molecular weight is 558 g/mol. The van der Waals surface area contributed by atoms with Crippen molar-refractivity contribution in [3.05, 3.63) is 85.8 Å². The molecule has 3 aromatic rings. The Morgan fingerprint density at radius 2 is 1.72 bits per heavy atom. The Labute approximate surface area is 204 Å². The highest BCUT2D eigenvalue weighted by atomic mass is 79.9. The highest BCUT2D eigenvalue weighted by molar-refractivity contribution is 9.11. The summed E-state index contributed by atoms with van der Waals surface area (Å²) in [6, 6.07) is 16.2. The smallest absolute Gasteiger partial charge is 0.196 e. The number of carbonyl (C=O) groups is 1. The van der Waals surface area contributed by atoms with Gasteiger partial charge in [0.15, 0.2) is 11.5 Å². The van der Waals surface area contributed by atoms with Crippen molar-refractivity contribution in [2.45, 2.75) is 19.8 Å². The van der Waals surface area contributed by atoms with Gasteiger partial charge in [0.25, 0.3) is 0 Å². The maximum Gasteiger partial charge on any atom is 0.196 e. The zero-order valence-corrected chi connectivity index (χ0v) is 21.1. The van der Waals surface area contributed by atoms with Crippen LogP contribution in [0.25, 0.3) is 0 Å². The normalized spacial score (nSPS) is 10.5. The summed E-state index contributed by atoms with van der Waals surface area (Å²) in [6.45, 7) is 3.87. The van der Waals surface area contributed by atoms with Crippen molar-refractivity contribution in [1.29, 1.82) is 0 Å². The number of aliphatic hydroxyl groups is 1. The zero-order chi connectivity index (χ0) is 23.3. The van der Waals surface area contributed by atoms with E-state index in [1.54, 1.807) is 37.4 Å². The van der Waals surface area contributed by atoms with E-state index in [0.29, 0.717) is 33.9 Å². The minimum atomic E-state index is -0.245. The lowest BCUT2D eigenvalue weighted by Gasteiger charge is -2.19. The molecule has 4 nitrogen and oxygen atoms in total. The predicted octanol–water partition coefficient (Wildman–Crippen LogP) is 6.71. The maximum absolute atomic E-state index is 13.5. The predicted molar refractivity (Wildman–Crippen MR) is 133 cm³/mol. The van der Waals surface area contributed by atoms with E-state index in [1.807, 2.05) is 24.3 Å². The van der Waals surface area contributed by atoms with Crippen LogP contribution in [0.2, 0.25) is 0 Å². The molecule has 0 saturated carbocycles. The van der Waals surface area contributed by atoms with Gasteiger partial charge in [-0.1, -0.05) is 43.9 Å². The van der Waals surface area contributed by atoms with Crippen LogP contribution < -0.4 is 9.47 Å². The van der Waals surface area contributed by atoms with Gasteiger partial charge in [-0.3, -0.25) is 4.79 Å². The van der Waals surface area contributed by atoms with Gasteiger partial charge in [0, 0.05) is 16.7 Å². The van der Waals surface area contributed by atoms with Crippen molar-refractivity contribution < 1.29 is 19.4 Å². The van der Waals surface area contributed by atoms with Crippen LogP contribution in [0.1, 0.15) is 46.8 Å². The number of benzene rings is 3. The number of ketones is 1. The third kappa shape index (κ3) is 5.42. The number of carbonyl (C=O) groups excluding carboxylic acids is 1. The molecule has 1 N–H and O–H groups in total. The molecule has 0 saturated heterocycles. The van der Waals surface area contributed by atoms with Crippen molar-refractivity contribution in [3.8, 4) is 29.1 Å². The van der Waals surface area contributed by atoms with Crippen molar-refractivity contribution >= 4 is 37.6 Å². The summed E-state index contributed by atoms with van der Waals surface area (Å²) in [5.41, 5.74) is 2.42. The molecular formula is C26H22Br2O4. The Hall–Kier alpha value is -2.59. The summed E-state index contributed by atoms with van der Waals surface area (Å²) in [6.07, 6.45) is 0. The summed E-state index contributed by atoms with van der Waals surface area (Å²) in [5, 5.41) is 8.96. The second-order valence-corrected chi connectivity index (χ2v) is 8.98. The van der Waals surface area contributed by atoms with E-state index in [9.17, 15) is 4.79 Å². The summed E-state index contributed by atoms with van der Waals surface area (Å²) in [7, 11) is 1.59. The van der Waals surface area contributed by atoms with E-state index in [4.69, 9.17) is 14.6 Å². The third-order valence-corrected chi connectivity index (χ3v) is 6.01. The molecule has 0 amide bonds. The summed E-state index contributed by atoms with van der Waals surface area (Å²) >= 11 is 7.04. The van der Waals surface area contributed by atoms with Gasteiger partial charge in [0.05, 0.1) is 21.6 Å². The van der Waals surface area contributed by atoms with E-state index in [1.165, 1.54) is 0 Å². The maximum atomic E-state index is 13.5. The largest absolute Gasteiger partial charge is 0.496 e. The molecule has 0 radical (unpaired) electrons. The molecule has 6 heteroatoms. The lowest BCUT2D eigenvalue weighted by Crippen LogP contribution is -2.07. The number of hydrogen-bond acceptors (Lipinski definition) is 4. The van der Waals surface area contributed by atoms with Crippen LogP contribution >= 0.6 is 31.9 Å². The Morgan fingerprint density at radius 3 is 2.34 bits per heavy atom. The second kappa shape index (κ2) is 10.8. The first kappa shape index (κ1) is 24.1. The van der Waals surface area contributed by atoms with Crippen LogP contribution in [0.3, 0.4) is 0 Å². The van der Waals surface area contributed by atoms with Crippen LogP contribution in [-0.4, -0.2) is 24.6 Å². The van der Waals surface area contributed by atoms with E-state index < -0.39 is 0 Å². The second-order valence-electron chi connectivity index (χ2n) is 7.27. The van der Waals surface area contributed by atoms with Crippen LogP contribution in [0.4, 0.5) is 0 Å². The van der Waals surface area contributed by atoms with Gasteiger partial charge in [-0.2, -0.15) is 0 Å². The van der Waals surface area contributed by atoms with Crippen molar-refractivity contribution in [2.75, 3.05) is 13.7 Å². The topological polar surface area (TPSA) is 55.8 Å².